The van der Waals surface area contributed by atoms with Gasteiger partial charge in [0.15, 0.2) is 11.5 Å². The van der Waals surface area contributed by atoms with Crippen molar-refractivity contribution in [1.29, 1.82) is 0 Å². The zero-order chi connectivity index (χ0) is 14.5. The number of nitrogens with zero attached hydrogens (tertiary/aromatic N) is 5. The lowest BCUT2D eigenvalue weighted by Gasteiger charge is -2.23. The van der Waals surface area contributed by atoms with E-state index in [-0.39, 0.29) is 11.1 Å². The molecule has 20 heavy (non-hydrogen) atoms. The Hall–Kier alpha value is -1.84. The van der Waals surface area contributed by atoms with Gasteiger partial charge in [0.05, 0.1) is 0 Å². The first-order valence-corrected chi connectivity index (χ1v) is 6.11. The number of alkyl halides is 3. The molecule has 3 rings (SSSR count). The second kappa shape index (κ2) is 4.08. The number of hydrogen-bond acceptors (Lipinski definition) is 6. The zero-order valence-electron chi connectivity index (χ0n) is 9.81. The molecule has 10 heteroatoms. The van der Waals surface area contributed by atoms with Gasteiger partial charge in [-0.25, -0.2) is 4.98 Å². The van der Waals surface area contributed by atoms with Crippen LogP contribution in [0.2, 0.25) is 0 Å². The van der Waals surface area contributed by atoms with Gasteiger partial charge in [-0.1, -0.05) is 0 Å². The topological polar surface area (TPSA) is 75.5 Å². The largest absolute Gasteiger partial charge is 0.442 e. The molecule has 1 aromatic heterocycles. The van der Waals surface area contributed by atoms with Crippen LogP contribution in [-0.2, 0) is 5.66 Å². The van der Waals surface area contributed by atoms with Crippen LogP contribution in [0.3, 0.4) is 0 Å². The third-order valence-electron chi connectivity index (χ3n) is 2.77. The lowest BCUT2D eigenvalue weighted by Crippen LogP contribution is -2.37. The van der Waals surface area contributed by atoms with E-state index < -0.39 is 11.8 Å². The van der Waals surface area contributed by atoms with Crippen molar-refractivity contribution < 1.29 is 17.6 Å². The van der Waals surface area contributed by atoms with E-state index in [1.165, 1.54) is 12.1 Å². The van der Waals surface area contributed by atoms with Crippen molar-refractivity contribution in [3.8, 4) is 0 Å². The molecule has 1 aliphatic heterocycles. The Bertz CT molecular complexity index is 739. The van der Waals surface area contributed by atoms with Crippen molar-refractivity contribution in [2.24, 2.45) is 20.7 Å². The lowest BCUT2D eigenvalue weighted by atomic mass is 10.00. The average Bonchev–Trinajstić information content (AvgIpc) is 2.93. The maximum absolute atomic E-state index is 13.3. The summed E-state index contributed by atoms with van der Waals surface area (Å²) >= 11 is 3.16. The number of aromatic nitrogens is 1. The molecular weight excluding hydrogens is 343 g/mol. The predicted molar refractivity (Wildman–Crippen MR) is 63.9 cm³/mol. The molecule has 2 heterocycles. The standard InChI is InChI=1S/C10H5BrF3N5O/c1-4-15-8-6(11)2-5(3-7(8)20-4)9(10(12,13)14)16-18-19-17-9/h2-3H,1H3. The fourth-order valence-corrected chi connectivity index (χ4v) is 2.41. The minimum atomic E-state index is -4.77. The first kappa shape index (κ1) is 13.2. The Kier molecular flexibility index (Phi) is 2.68. The molecule has 0 N–H and O–H groups in total. The SMILES string of the molecule is Cc1nc2c(Br)cc(C3(C(F)(F)F)N=NN=N3)cc2o1. The second-order valence-electron chi connectivity index (χ2n) is 4.09. The quantitative estimate of drug-likeness (QED) is 0.764. The number of aryl methyl sites for hydroxylation is 1. The Morgan fingerprint density at radius 1 is 1.20 bits per heavy atom. The van der Waals surface area contributed by atoms with Gasteiger partial charge < -0.3 is 4.42 Å². The van der Waals surface area contributed by atoms with Crippen molar-refractivity contribution in [3.63, 3.8) is 0 Å². The summed E-state index contributed by atoms with van der Waals surface area (Å²) in [4.78, 5) is 4.06. The maximum atomic E-state index is 13.3. The smallest absolute Gasteiger partial charge is 0.441 e. The Balaban J connectivity index is 2.28. The molecule has 0 fully saturated rings. The monoisotopic (exact) mass is 347 g/mol. The normalized spacial score (nSPS) is 17.2. The van der Waals surface area contributed by atoms with Crippen molar-refractivity contribution >= 4 is 27.0 Å². The van der Waals surface area contributed by atoms with Gasteiger partial charge in [0, 0.05) is 17.0 Å². The van der Waals surface area contributed by atoms with E-state index in [1.54, 1.807) is 6.92 Å². The molecule has 0 spiro atoms. The molecule has 0 bridgehead atoms. The van der Waals surface area contributed by atoms with E-state index >= 15 is 0 Å². The van der Waals surface area contributed by atoms with Gasteiger partial charge in [-0.15, -0.1) is 10.2 Å². The van der Waals surface area contributed by atoms with Crippen LogP contribution in [0.4, 0.5) is 13.2 Å². The summed E-state index contributed by atoms with van der Waals surface area (Å²) in [7, 11) is 0. The number of rotatable bonds is 1. The zero-order valence-corrected chi connectivity index (χ0v) is 11.4. The highest BCUT2D eigenvalue weighted by Gasteiger charge is 2.60. The third-order valence-corrected chi connectivity index (χ3v) is 3.38. The molecule has 0 amide bonds. The molecule has 104 valence electrons. The highest BCUT2D eigenvalue weighted by atomic mass is 79.9. The molecule has 2 aromatic rings. The van der Waals surface area contributed by atoms with Crippen LogP contribution in [-0.4, -0.2) is 11.2 Å². The van der Waals surface area contributed by atoms with Gasteiger partial charge >= 0.3 is 11.8 Å². The van der Waals surface area contributed by atoms with Gasteiger partial charge in [-0.3, -0.25) is 0 Å². The molecule has 1 aliphatic rings. The summed E-state index contributed by atoms with van der Waals surface area (Å²) in [6.45, 7) is 1.60. The van der Waals surface area contributed by atoms with Crippen molar-refractivity contribution in [1.82, 2.24) is 4.98 Å². The number of benzene rings is 1. The van der Waals surface area contributed by atoms with E-state index in [4.69, 9.17) is 4.42 Å². The van der Waals surface area contributed by atoms with Crippen molar-refractivity contribution in [2.45, 2.75) is 18.8 Å². The van der Waals surface area contributed by atoms with Crippen LogP contribution in [0.1, 0.15) is 11.5 Å². The Labute approximate surface area is 117 Å². The van der Waals surface area contributed by atoms with Gasteiger partial charge in [0.2, 0.25) is 0 Å². The first-order valence-electron chi connectivity index (χ1n) is 5.31. The lowest BCUT2D eigenvalue weighted by molar-refractivity contribution is -0.187. The minimum Gasteiger partial charge on any atom is -0.441 e. The van der Waals surface area contributed by atoms with E-state index in [0.717, 1.165) is 0 Å². The van der Waals surface area contributed by atoms with Crippen LogP contribution in [0, 0.1) is 6.92 Å². The number of halogens is 4. The molecule has 6 nitrogen and oxygen atoms in total. The molecular formula is C10H5BrF3N5O. The van der Waals surface area contributed by atoms with E-state index in [1.807, 2.05) is 0 Å². The highest BCUT2D eigenvalue weighted by molar-refractivity contribution is 9.10. The van der Waals surface area contributed by atoms with Crippen molar-refractivity contribution in [3.05, 3.63) is 28.1 Å². The van der Waals surface area contributed by atoms with Crippen LogP contribution in [0.15, 0.2) is 41.7 Å². The molecule has 0 saturated carbocycles. The third kappa shape index (κ3) is 1.74. The fraction of sp³-hybridized carbons (Fsp3) is 0.300. The first-order chi connectivity index (χ1) is 9.33. The van der Waals surface area contributed by atoms with Gasteiger partial charge in [0.1, 0.15) is 5.52 Å². The minimum absolute atomic E-state index is 0.202. The van der Waals surface area contributed by atoms with E-state index in [0.29, 0.717) is 15.9 Å². The van der Waals surface area contributed by atoms with E-state index in [9.17, 15) is 13.2 Å². The number of hydrogen-bond donors (Lipinski definition) is 0. The molecule has 0 saturated heterocycles. The molecule has 0 aliphatic carbocycles. The summed E-state index contributed by atoms with van der Waals surface area (Å²) in [6, 6.07) is 2.43. The summed E-state index contributed by atoms with van der Waals surface area (Å²) in [5.74, 6) is 0.341. The Morgan fingerprint density at radius 3 is 2.45 bits per heavy atom. The predicted octanol–water partition coefficient (Wildman–Crippen LogP) is 4.45. The average molecular weight is 348 g/mol. The molecule has 0 unspecified atom stereocenters. The van der Waals surface area contributed by atoms with E-state index in [2.05, 4.69) is 41.6 Å². The molecule has 1 aromatic carbocycles. The van der Waals surface area contributed by atoms with Gasteiger partial charge in [0.25, 0.3) is 0 Å². The summed E-state index contributed by atoms with van der Waals surface area (Å²) in [5, 5.41) is 12.3. The van der Waals surface area contributed by atoms with Crippen LogP contribution in [0.5, 0.6) is 0 Å². The fourth-order valence-electron chi connectivity index (χ4n) is 1.88. The maximum Gasteiger partial charge on any atom is 0.442 e. The number of fused-ring (bicyclic) bond motifs is 1. The molecule has 0 atom stereocenters. The summed E-state index contributed by atoms with van der Waals surface area (Å²) < 4.78 is 45.4. The van der Waals surface area contributed by atoms with Gasteiger partial charge in [-0.05, 0) is 38.5 Å². The second-order valence-corrected chi connectivity index (χ2v) is 4.94. The van der Waals surface area contributed by atoms with Gasteiger partial charge in [-0.2, -0.15) is 13.2 Å². The van der Waals surface area contributed by atoms with Crippen LogP contribution < -0.4 is 0 Å². The number of oxazole rings is 1. The van der Waals surface area contributed by atoms with Crippen LogP contribution in [0.25, 0.3) is 11.1 Å². The highest BCUT2D eigenvalue weighted by Crippen LogP contribution is 2.47. The molecule has 0 radical (unpaired) electrons. The summed E-state index contributed by atoms with van der Waals surface area (Å²) in [5.41, 5.74) is -2.45. The van der Waals surface area contributed by atoms with Crippen LogP contribution >= 0.6 is 15.9 Å². The van der Waals surface area contributed by atoms with Crippen molar-refractivity contribution in [2.75, 3.05) is 0 Å². The summed E-state index contributed by atoms with van der Waals surface area (Å²) in [6.07, 6.45) is -4.77. The Morgan fingerprint density at radius 2 is 1.85 bits per heavy atom.